The number of anilines is 1. The highest BCUT2D eigenvalue weighted by atomic mass is 35.5. The Balaban J connectivity index is 0.00000216. The Bertz CT molecular complexity index is 1220. The normalized spacial score (nSPS) is 21.2. The summed E-state index contributed by atoms with van der Waals surface area (Å²) >= 11 is 0. The molecule has 5 nitrogen and oxygen atoms in total. The molecule has 3 heterocycles. The molecule has 3 atom stereocenters. The summed E-state index contributed by atoms with van der Waals surface area (Å²) in [5.74, 6) is 1.76. The van der Waals surface area contributed by atoms with E-state index in [4.69, 9.17) is 5.10 Å². The van der Waals surface area contributed by atoms with Crippen molar-refractivity contribution in [3.63, 3.8) is 0 Å². The van der Waals surface area contributed by atoms with Crippen LogP contribution in [0.5, 0.6) is 0 Å². The number of para-hydroxylation sites is 2. The maximum atomic E-state index is 4.97. The van der Waals surface area contributed by atoms with Crippen LogP contribution in [-0.4, -0.2) is 21.3 Å². The number of benzene rings is 2. The zero-order valence-electron chi connectivity index (χ0n) is 17.9. The van der Waals surface area contributed by atoms with Crippen molar-refractivity contribution < 1.29 is 17.7 Å². The first-order chi connectivity index (χ1) is 15.3. The fourth-order valence-electron chi connectivity index (χ4n) is 5.44. The third-order valence-electron chi connectivity index (χ3n) is 6.85. The second-order valence-corrected chi connectivity index (χ2v) is 8.58. The van der Waals surface area contributed by atoms with E-state index < -0.39 is 0 Å². The van der Waals surface area contributed by atoms with Crippen LogP contribution < -0.4 is 23.0 Å². The SMILES string of the molecule is Cc1nn(-c2ccccn2)c2c1C1Nc3ccccc3[NH2+]CC1C(c1ccccc1)C2.[Cl-]. The molecule has 1 aliphatic carbocycles. The van der Waals surface area contributed by atoms with Crippen LogP contribution in [0.25, 0.3) is 5.82 Å². The molecule has 3 N–H and O–H groups in total. The zero-order chi connectivity index (χ0) is 20.8. The molecule has 6 rings (SSSR count). The lowest BCUT2D eigenvalue weighted by Crippen LogP contribution is -3.00. The van der Waals surface area contributed by atoms with Crippen molar-refractivity contribution >= 4 is 11.4 Å². The van der Waals surface area contributed by atoms with Crippen LogP contribution >= 0.6 is 0 Å². The molecule has 6 heteroatoms. The average molecular weight is 444 g/mol. The van der Waals surface area contributed by atoms with Gasteiger partial charge in [-0.15, -0.1) is 0 Å². The van der Waals surface area contributed by atoms with Crippen molar-refractivity contribution in [3.8, 4) is 5.82 Å². The molecule has 2 aromatic heterocycles. The second-order valence-electron chi connectivity index (χ2n) is 8.58. The lowest BCUT2D eigenvalue weighted by molar-refractivity contribution is -0.577. The average Bonchev–Trinajstić information content (AvgIpc) is 3.03. The maximum Gasteiger partial charge on any atom is 0.153 e. The lowest BCUT2D eigenvalue weighted by atomic mass is 9.71. The van der Waals surface area contributed by atoms with Crippen LogP contribution in [-0.2, 0) is 6.42 Å². The number of pyridine rings is 1. The summed E-state index contributed by atoms with van der Waals surface area (Å²) in [7, 11) is 0. The van der Waals surface area contributed by atoms with Gasteiger partial charge in [-0.25, -0.2) is 9.67 Å². The van der Waals surface area contributed by atoms with E-state index in [0.29, 0.717) is 11.8 Å². The molecular formula is C26H26ClN5. The Morgan fingerprint density at radius 2 is 1.75 bits per heavy atom. The largest absolute Gasteiger partial charge is 1.00 e. The van der Waals surface area contributed by atoms with E-state index in [0.717, 1.165) is 24.5 Å². The molecule has 32 heavy (non-hydrogen) atoms. The van der Waals surface area contributed by atoms with E-state index >= 15 is 0 Å². The van der Waals surface area contributed by atoms with Crippen molar-refractivity contribution in [3.05, 3.63) is 102 Å². The molecule has 2 aromatic carbocycles. The van der Waals surface area contributed by atoms with Gasteiger partial charge in [-0.1, -0.05) is 48.5 Å². The molecule has 4 aromatic rings. The summed E-state index contributed by atoms with van der Waals surface area (Å²) in [6, 6.07) is 25.8. The van der Waals surface area contributed by atoms with Crippen molar-refractivity contribution in [2.45, 2.75) is 25.3 Å². The standard InChI is InChI=1S/C26H25N5.ClH/c1-17-25-23(31(30-17)24-13-7-8-14-27-24)15-19(18-9-3-2-4-10-18)20-16-28-21-11-5-6-12-22(21)29-26(20)25;/h2-14,19-20,26,28-29H,15-16H2,1H3;1H. The minimum Gasteiger partial charge on any atom is -1.00 e. The minimum absolute atomic E-state index is 0. The number of rotatable bonds is 2. The molecule has 0 spiro atoms. The Hall–Kier alpha value is -3.15. The Labute approximate surface area is 194 Å². The quantitative estimate of drug-likeness (QED) is 0.452. The van der Waals surface area contributed by atoms with Crippen LogP contribution in [0.2, 0.25) is 0 Å². The van der Waals surface area contributed by atoms with Crippen molar-refractivity contribution in [2.75, 3.05) is 11.9 Å². The van der Waals surface area contributed by atoms with Crippen molar-refractivity contribution in [1.82, 2.24) is 14.8 Å². The Morgan fingerprint density at radius 1 is 0.969 bits per heavy atom. The monoisotopic (exact) mass is 443 g/mol. The van der Waals surface area contributed by atoms with Gasteiger partial charge in [-0.2, -0.15) is 5.10 Å². The van der Waals surface area contributed by atoms with E-state index in [2.05, 4.69) is 81.8 Å². The highest BCUT2D eigenvalue weighted by molar-refractivity contribution is 5.63. The Kier molecular flexibility index (Phi) is 5.45. The van der Waals surface area contributed by atoms with Gasteiger partial charge in [0.05, 0.1) is 29.7 Å². The molecule has 0 saturated heterocycles. The summed E-state index contributed by atoms with van der Waals surface area (Å²) < 4.78 is 2.07. The smallest absolute Gasteiger partial charge is 0.153 e. The fourth-order valence-corrected chi connectivity index (χ4v) is 5.44. The van der Waals surface area contributed by atoms with Gasteiger partial charge in [0.15, 0.2) is 11.5 Å². The minimum atomic E-state index is 0. The number of quaternary nitrogens is 1. The van der Waals surface area contributed by atoms with Gasteiger partial charge >= 0.3 is 0 Å². The number of hydrogen-bond donors (Lipinski definition) is 2. The van der Waals surface area contributed by atoms with Crippen LogP contribution in [0.15, 0.2) is 79.0 Å². The zero-order valence-corrected chi connectivity index (χ0v) is 18.7. The molecule has 1 aliphatic heterocycles. The van der Waals surface area contributed by atoms with Crippen LogP contribution in [0.4, 0.5) is 11.4 Å². The molecule has 0 radical (unpaired) electrons. The first-order valence-electron chi connectivity index (χ1n) is 11.0. The summed E-state index contributed by atoms with van der Waals surface area (Å²) in [5, 5.41) is 11.3. The van der Waals surface area contributed by atoms with Gasteiger partial charge in [0, 0.05) is 23.7 Å². The number of halogens is 1. The van der Waals surface area contributed by atoms with Gasteiger partial charge in [-0.3, -0.25) is 0 Å². The molecule has 0 amide bonds. The number of fused-ring (bicyclic) bond motifs is 4. The third-order valence-corrected chi connectivity index (χ3v) is 6.85. The van der Waals surface area contributed by atoms with Crippen LogP contribution in [0.1, 0.15) is 34.5 Å². The maximum absolute atomic E-state index is 4.97. The molecule has 2 aliphatic rings. The third kappa shape index (κ3) is 3.38. The summed E-state index contributed by atoms with van der Waals surface area (Å²) in [6.45, 7) is 3.18. The molecule has 3 unspecified atom stereocenters. The molecule has 0 saturated carbocycles. The van der Waals surface area contributed by atoms with E-state index in [1.165, 1.54) is 28.2 Å². The first kappa shape index (κ1) is 20.7. The summed E-state index contributed by atoms with van der Waals surface area (Å²) in [6.07, 6.45) is 2.80. The predicted octanol–water partition coefficient (Wildman–Crippen LogP) is 0.898. The number of aryl methyl sites for hydroxylation is 1. The first-order valence-corrected chi connectivity index (χ1v) is 11.0. The van der Waals surface area contributed by atoms with Gasteiger partial charge in [0.1, 0.15) is 0 Å². The highest BCUT2D eigenvalue weighted by Crippen LogP contribution is 2.47. The molecule has 0 bridgehead atoms. The van der Waals surface area contributed by atoms with E-state index in [-0.39, 0.29) is 18.4 Å². The number of nitrogens with one attached hydrogen (secondary N) is 1. The van der Waals surface area contributed by atoms with E-state index in [1.807, 2.05) is 24.4 Å². The van der Waals surface area contributed by atoms with Gasteiger partial charge in [-0.05, 0) is 43.0 Å². The van der Waals surface area contributed by atoms with Gasteiger partial charge < -0.3 is 23.0 Å². The molecule has 162 valence electrons. The topological polar surface area (TPSA) is 59.4 Å². The fraction of sp³-hybridized carbons (Fsp3) is 0.231. The molecular weight excluding hydrogens is 418 g/mol. The van der Waals surface area contributed by atoms with Crippen molar-refractivity contribution in [1.29, 1.82) is 0 Å². The predicted molar refractivity (Wildman–Crippen MR) is 122 cm³/mol. The van der Waals surface area contributed by atoms with E-state index in [9.17, 15) is 0 Å². The number of aromatic nitrogens is 3. The lowest BCUT2D eigenvalue weighted by Gasteiger charge is -2.37. The molecule has 0 fully saturated rings. The highest BCUT2D eigenvalue weighted by Gasteiger charge is 2.43. The summed E-state index contributed by atoms with van der Waals surface area (Å²) in [5.41, 5.74) is 7.61. The van der Waals surface area contributed by atoms with Crippen molar-refractivity contribution in [2.24, 2.45) is 5.92 Å². The van der Waals surface area contributed by atoms with E-state index in [1.54, 1.807) is 0 Å². The second kappa shape index (κ2) is 8.41. The number of nitrogens with two attached hydrogens (primary N) is 1. The number of hydrogen-bond acceptors (Lipinski definition) is 3. The Morgan fingerprint density at radius 3 is 2.56 bits per heavy atom. The summed E-state index contributed by atoms with van der Waals surface area (Å²) in [4.78, 5) is 4.60. The van der Waals surface area contributed by atoms with Crippen LogP contribution in [0.3, 0.4) is 0 Å². The van der Waals surface area contributed by atoms with Crippen LogP contribution in [0, 0.1) is 12.8 Å². The van der Waals surface area contributed by atoms with Gasteiger partial charge in [0.25, 0.3) is 0 Å². The number of nitrogens with zero attached hydrogens (tertiary/aromatic N) is 3. The van der Waals surface area contributed by atoms with Gasteiger partial charge in [0.2, 0.25) is 0 Å².